The van der Waals surface area contributed by atoms with Crippen LogP contribution in [0.4, 0.5) is 4.79 Å². The van der Waals surface area contributed by atoms with Gasteiger partial charge in [-0.3, -0.25) is 24.6 Å². The van der Waals surface area contributed by atoms with Gasteiger partial charge in [-0.2, -0.15) is 0 Å². The highest BCUT2D eigenvalue weighted by atomic mass is 16.5. The van der Waals surface area contributed by atoms with E-state index in [1.165, 1.54) is 23.1 Å². The summed E-state index contributed by atoms with van der Waals surface area (Å²) in [4.78, 5) is 62.1. The van der Waals surface area contributed by atoms with E-state index in [0.717, 1.165) is 25.7 Å². The molecule has 0 atom stereocenters. The average molecular weight is 429 g/mol. The van der Waals surface area contributed by atoms with Crippen LogP contribution in [0.15, 0.2) is 18.2 Å². The maximum absolute atomic E-state index is 12.6. The maximum Gasteiger partial charge on any atom is 0.338 e. The van der Waals surface area contributed by atoms with Crippen molar-refractivity contribution in [1.82, 2.24) is 15.5 Å². The van der Waals surface area contributed by atoms with Gasteiger partial charge in [-0.1, -0.05) is 26.7 Å². The fraction of sp³-hybridized carbons (Fsp3) is 0.500. The second-order valence-corrected chi connectivity index (χ2v) is 8.28. The number of fused-ring (bicyclic) bond motifs is 1. The molecule has 0 unspecified atom stereocenters. The molecule has 1 saturated carbocycles. The van der Waals surface area contributed by atoms with Gasteiger partial charge in [-0.05, 0) is 43.4 Å². The quantitative estimate of drug-likeness (QED) is 0.506. The number of urea groups is 1. The molecular weight excluding hydrogens is 402 g/mol. The summed E-state index contributed by atoms with van der Waals surface area (Å²) in [5.74, 6) is -2.07. The topological polar surface area (TPSA) is 122 Å². The van der Waals surface area contributed by atoms with Crippen LogP contribution in [-0.2, 0) is 9.53 Å². The van der Waals surface area contributed by atoms with Crippen LogP contribution >= 0.6 is 0 Å². The standard InChI is InChI=1S/C22H27N3O6/c1-13(2)9-10-25-19(27)16-8-7-14(11-17(16)20(25)28)21(29)31-12-18(26)24-22(30)23-15-5-3-4-6-15/h7-8,11,13,15H,3-6,9-10,12H2,1-2H3,(H2,23,24,26,30). The molecule has 1 aromatic rings. The lowest BCUT2D eigenvalue weighted by atomic mass is 10.1. The van der Waals surface area contributed by atoms with Crippen LogP contribution in [-0.4, -0.2) is 53.8 Å². The van der Waals surface area contributed by atoms with E-state index >= 15 is 0 Å². The number of rotatable bonds is 7. The zero-order valence-corrected chi connectivity index (χ0v) is 17.7. The van der Waals surface area contributed by atoms with Crippen molar-refractivity contribution >= 4 is 29.7 Å². The number of hydrogen-bond acceptors (Lipinski definition) is 6. The van der Waals surface area contributed by atoms with E-state index in [0.29, 0.717) is 18.9 Å². The lowest BCUT2D eigenvalue weighted by Crippen LogP contribution is -2.45. The maximum atomic E-state index is 12.6. The fourth-order valence-electron chi connectivity index (χ4n) is 3.68. The van der Waals surface area contributed by atoms with Crippen molar-refractivity contribution in [2.75, 3.05) is 13.2 Å². The molecule has 2 aliphatic rings. The van der Waals surface area contributed by atoms with Crippen molar-refractivity contribution in [2.45, 2.75) is 52.0 Å². The number of ether oxygens (including phenoxy) is 1. The SMILES string of the molecule is CC(C)CCN1C(=O)c2ccc(C(=O)OCC(=O)NC(=O)NC3CCCC3)cc2C1=O. The lowest BCUT2D eigenvalue weighted by Gasteiger charge is -2.14. The highest BCUT2D eigenvalue weighted by molar-refractivity contribution is 6.22. The van der Waals surface area contributed by atoms with Crippen LogP contribution in [0, 0.1) is 5.92 Å². The Morgan fingerprint density at radius 1 is 1.10 bits per heavy atom. The highest BCUT2D eigenvalue weighted by Crippen LogP contribution is 2.25. The van der Waals surface area contributed by atoms with Gasteiger partial charge in [0.25, 0.3) is 17.7 Å². The molecule has 9 heteroatoms. The van der Waals surface area contributed by atoms with Crippen LogP contribution in [0.5, 0.6) is 0 Å². The third-order valence-corrected chi connectivity index (χ3v) is 5.41. The molecule has 1 aliphatic carbocycles. The van der Waals surface area contributed by atoms with Crippen LogP contribution in [0.25, 0.3) is 0 Å². The van der Waals surface area contributed by atoms with E-state index in [4.69, 9.17) is 4.74 Å². The molecule has 0 spiro atoms. The van der Waals surface area contributed by atoms with E-state index in [-0.39, 0.29) is 28.6 Å². The van der Waals surface area contributed by atoms with Gasteiger partial charge >= 0.3 is 12.0 Å². The molecule has 166 valence electrons. The molecule has 1 heterocycles. The number of esters is 1. The van der Waals surface area contributed by atoms with Gasteiger partial charge in [0.1, 0.15) is 0 Å². The van der Waals surface area contributed by atoms with E-state index in [1.807, 2.05) is 13.8 Å². The molecule has 1 aromatic carbocycles. The van der Waals surface area contributed by atoms with Crippen molar-refractivity contribution in [3.05, 3.63) is 34.9 Å². The molecule has 31 heavy (non-hydrogen) atoms. The number of hydrogen-bond donors (Lipinski definition) is 2. The first kappa shape index (κ1) is 22.5. The molecule has 1 fully saturated rings. The smallest absolute Gasteiger partial charge is 0.338 e. The molecule has 5 amide bonds. The molecule has 0 aromatic heterocycles. The second kappa shape index (κ2) is 9.72. The number of imide groups is 2. The van der Waals surface area contributed by atoms with Crippen molar-refractivity contribution in [2.24, 2.45) is 5.92 Å². The van der Waals surface area contributed by atoms with Gasteiger partial charge in [-0.15, -0.1) is 0 Å². The van der Waals surface area contributed by atoms with Gasteiger partial charge in [0.2, 0.25) is 0 Å². The number of carbonyl (C=O) groups excluding carboxylic acids is 5. The lowest BCUT2D eigenvalue weighted by molar-refractivity contribution is -0.123. The van der Waals surface area contributed by atoms with Gasteiger partial charge in [0, 0.05) is 12.6 Å². The van der Waals surface area contributed by atoms with Gasteiger partial charge in [0.05, 0.1) is 16.7 Å². The van der Waals surface area contributed by atoms with E-state index in [1.54, 1.807) is 0 Å². The van der Waals surface area contributed by atoms with Gasteiger partial charge in [0.15, 0.2) is 6.61 Å². The first-order valence-electron chi connectivity index (χ1n) is 10.5. The first-order chi connectivity index (χ1) is 14.8. The van der Waals surface area contributed by atoms with Gasteiger partial charge in [-0.25, -0.2) is 9.59 Å². The van der Waals surface area contributed by atoms with E-state index in [2.05, 4.69) is 10.6 Å². The molecule has 9 nitrogen and oxygen atoms in total. The van der Waals surface area contributed by atoms with Crippen molar-refractivity contribution < 1.29 is 28.7 Å². The molecule has 2 N–H and O–H groups in total. The first-order valence-corrected chi connectivity index (χ1v) is 10.5. The summed E-state index contributed by atoms with van der Waals surface area (Å²) in [6.45, 7) is 3.68. The Bertz CT molecular complexity index is 905. The normalized spacial score (nSPS) is 15.9. The van der Waals surface area contributed by atoms with Gasteiger partial charge < -0.3 is 10.1 Å². The van der Waals surface area contributed by atoms with Crippen LogP contribution < -0.4 is 10.6 Å². The summed E-state index contributed by atoms with van der Waals surface area (Å²) < 4.78 is 4.95. The largest absolute Gasteiger partial charge is 0.452 e. The number of nitrogens with zero attached hydrogens (tertiary/aromatic N) is 1. The zero-order chi connectivity index (χ0) is 22.5. The minimum Gasteiger partial charge on any atom is -0.452 e. The Balaban J connectivity index is 1.54. The Kier molecular flexibility index (Phi) is 7.04. The minimum absolute atomic E-state index is 0.0498. The third kappa shape index (κ3) is 5.48. The van der Waals surface area contributed by atoms with Crippen molar-refractivity contribution in [3.8, 4) is 0 Å². The summed E-state index contributed by atoms with van der Waals surface area (Å²) in [6.07, 6.45) is 4.53. The third-order valence-electron chi connectivity index (χ3n) is 5.41. The number of benzene rings is 1. The monoisotopic (exact) mass is 429 g/mol. The minimum atomic E-state index is -0.824. The number of nitrogens with one attached hydrogen (secondary N) is 2. The Hall–Kier alpha value is -3.23. The predicted molar refractivity (Wildman–Crippen MR) is 110 cm³/mol. The Morgan fingerprint density at radius 2 is 1.77 bits per heavy atom. The summed E-state index contributed by atoms with van der Waals surface area (Å²) in [5, 5.41) is 4.83. The molecule has 3 rings (SSSR count). The average Bonchev–Trinajstić information content (AvgIpc) is 3.31. The molecule has 0 bridgehead atoms. The van der Waals surface area contributed by atoms with Crippen molar-refractivity contribution in [3.63, 3.8) is 0 Å². The highest BCUT2D eigenvalue weighted by Gasteiger charge is 2.35. The second-order valence-electron chi connectivity index (χ2n) is 8.28. The van der Waals surface area contributed by atoms with Crippen LogP contribution in [0.1, 0.15) is 77.0 Å². The molecular formula is C22H27N3O6. The number of amides is 5. The Labute approximate surface area is 180 Å². The molecule has 1 aliphatic heterocycles. The zero-order valence-electron chi connectivity index (χ0n) is 17.7. The fourth-order valence-corrected chi connectivity index (χ4v) is 3.68. The summed E-state index contributed by atoms with van der Waals surface area (Å²) in [5.41, 5.74) is 0.434. The summed E-state index contributed by atoms with van der Waals surface area (Å²) >= 11 is 0. The van der Waals surface area contributed by atoms with E-state index in [9.17, 15) is 24.0 Å². The molecule has 0 radical (unpaired) electrons. The van der Waals surface area contributed by atoms with Crippen molar-refractivity contribution in [1.29, 1.82) is 0 Å². The van der Waals surface area contributed by atoms with E-state index < -0.39 is 30.4 Å². The predicted octanol–water partition coefficient (Wildman–Crippen LogP) is 2.25. The summed E-state index contributed by atoms with van der Waals surface area (Å²) in [6, 6.07) is 3.54. The number of carbonyl (C=O) groups is 5. The molecule has 0 saturated heterocycles. The summed E-state index contributed by atoms with van der Waals surface area (Å²) in [7, 11) is 0. The van der Waals surface area contributed by atoms with Crippen LogP contribution in [0.3, 0.4) is 0 Å². The Morgan fingerprint density at radius 3 is 2.45 bits per heavy atom. The van der Waals surface area contributed by atoms with Crippen LogP contribution in [0.2, 0.25) is 0 Å².